The van der Waals surface area contributed by atoms with E-state index in [9.17, 15) is 9.46 Å². The monoisotopic (exact) mass is 287 g/mol. The molecule has 6 heteroatoms. The predicted octanol–water partition coefficient (Wildman–Crippen LogP) is 3.64. The topological polar surface area (TPSA) is 81.8 Å². The molecule has 0 fully saturated rings. The standard InChI is InChI=1S/C13H22NO4P/c1-8(2)11-6-10(14)7-12(9(3)4)13(11)18-19(15,16)17-5/h6-9H,14H2,1-5H3,(H,15,16). The van der Waals surface area contributed by atoms with E-state index >= 15 is 0 Å². The Labute approximate surface area is 114 Å². The molecular formula is C13H22NO4P. The van der Waals surface area contributed by atoms with Crippen LogP contribution in [-0.2, 0) is 9.09 Å². The Bertz CT molecular complexity index is 470. The minimum atomic E-state index is -4.08. The van der Waals surface area contributed by atoms with Crippen molar-refractivity contribution in [3.05, 3.63) is 23.3 Å². The molecule has 0 saturated heterocycles. The number of benzene rings is 1. The first-order chi connectivity index (χ1) is 8.68. The molecule has 0 spiro atoms. The van der Waals surface area contributed by atoms with Crippen LogP contribution in [0.4, 0.5) is 5.69 Å². The summed E-state index contributed by atoms with van der Waals surface area (Å²) in [4.78, 5) is 9.54. The highest BCUT2D eigenvalue weighted by molar-refractivity contribution is 7.47. The first kappa shape index (κ1) is 16.0. The summed E-state index contributed by atoms with van der Waals surface area (Å²) in [5, 5.41) is 0. The van der Waals surface area contributed by atoms with Crippen LogP contribution in [-0.4, -0.2) is 12.0 Å². The molecule has 0 aliphatic rings. The number of hydrogen-bond acceptors (Lipinski definition) is 4. The smallest absolute Gasteiger partial charge is 0.404 e. The number of phosphoric acid groups is 1. The van der Waals surface area contributed by atoms with Crippen LogP contribution in [0.15, 0.2) is 12.1 Å². The molecule has 0 radical (unpaired) electrons. The molecule has 1 aromatic carbocycles. The third-order valence-corrected chi connectivity index (χ3v) is 3.72. The summed E-state index contributed by atoms with van der Waals surface area (Å²) in [6.07, 6.45) is 0. The third-order valence-electron chi connectivity index (χ3n) is 2.85. The molecule has 1 aromatic rings. The van der Waals surface area contributed by atoms with Crippen molar-refractivity contribution in [3.63, 3.8) is 0 Å². The maximum Gasteiger partial charge on any atom is 0.527 e. The number of nitrogens with two attached hydrogens (primary N) is 1. The van der Waals surface area contributed by atoms with Crippen LogP contribution in [0, 0.1) is 0 Å². The molecule has 0 aliphatic carbocycles. The second-order valence-electron chi connectivity index (χ2n) is 5.08. The van der Waals surface area contributed by atoms with Crippen LogP contribution in [0.2, 0.25) is 0 Å². The molecule has 1 atom stereocenters. The highest BCUT2D eigenvalue weighted by Gasteiger charge is 2.26. The molecule has 0 bridgehead atoms. The van der Waals surface area contributed by atoms with Gasteiger partial charge in [-0.2, -0.15) is 0 Å². The van der Waals surface area contributed by atoms with E-state index in [1.807, 2.05) is 27.7 Å². The number of anilines is 1. The van der Waals surface area contributed by atoms with Crippen molar-refractivity contribution in [3.8, 4) is 5.75 Å². The van der Waals surface area contributed by atoms with Crippen LogP contribution in [0.1, 0.15) is 50.7 Å². The van der Waals surface area contributed by atoms with Crippen LogP contribution >= 0.6 is 7.82 Å². The first-order valence-electron chi connectivity index (χ1n) is 6.19. The lowest BCUT2D eigenvalue weighted by atomic mass is 9.93. The molecule has 108 valence electrons. The predicted molar refractivity (Wildman–Crippen MR) is 76.5 cm³/mol. The van der Waals surface area contributed by atoms with Crippen LogP contribution in [0.5, 0.6) is 5.75 Å². The van der Waals surface area contributed by atoms with Crippen molar-refractivity contribution in [2.75, 3.05) is 12.8 Å². The van der Waals surface area contributed by atoms with Gasteiger partial charge in [0.2, 0.25) is 0 Å². The fraction of sp³-hybridized carbons (Fsp3) is 0.538. The lowest BCUT2D eigenvalue weighted by Gasteiger charge is -2.21. The fourth-order valence-corrected chi connectivity index (χ4v) is 2.33. The Balaban J connectivity index is 3.43. The molecule has 0 aromatic heterocycles. The first-order valence-corrected chi connectivity index (χ1v) is 7.69. The van der Waals surface area contributed by atoms with Crippen molar-refractivity contribution < 1.29 is 18.5 Å². The van der Waals surface area contributed by atoms with Crippen LogP contribution in [0.3, 0.4) is 0 Å². The molecule has 0 amide bonds. The largest absolute Gasteiger partial charge is 0.527 e. The van der Waals surface area contributed by atoms with Gasteiger partial charge in [0.1, 0.15) is 5.75 Å². The Kier molecular flexibility index (Phi) is 5.02. The molecule has 1 rings (SSSR count). The maximum atomic E-state index is 11.7. The van der Waals surface area contributed by atoms with Gasteiger partial charge in [0.15, 0.2) is 0 Å². The quantitative estimate of drug-likeness (QED) is 0.638. The minimum Gasteiger partial charge on any atom is -0.404 e. The molecule has 5 nitrogen and oxygen atoms in total. The summed E-state index contributed by atoms with van der Waals surface area (Å²) in [7, 11) is -2.94. The molecule has 0 heterocycles. The number of nitrogen functional groups attached to an aromatic ring is 1. The molecule has 1 unspecified atom stereocenters. The highest BCUT2D eigenvalue weighted by atomic mass is 31.2. The normalized spacial score (nSPS) is 14.7. The van der Waals surface area contributed by atoms with Gasteiger partial charge in [-0.15, -0.1) is 0 Å². The van der Waals surface area contributed by atoms with Crippen molar-refractivity contribution in [2.45, 2.75) is 39.5 Å². The Morgan fingerprint density at radius 3 is 1.89 bits per heavy atom. The lowest BCUT2D eigenvalue weighted by Crippen LogP contribution is -2.05. The van der Waals surface area contributed by atoms with Gasteiger partial charge in [-0.25, -0.2) is 4.57 Å². The molecule has 19 heavy (non-hydrogen) atoms. The van der Waals surface area contributed by atoms with Gasteiger partial charge in [-0.1, -0.05) is 27.7 Å². The van der Waals surface area contributed by atoms with Crippen molar-refractivity contribution in [1.82, 2.24) is 0 Å². The third kappa shape index (κ3) is 3.96. The van der Waals surface area contributed by atoms with Gasteiger partial charge in [-0.3, -0.25) is 9.42 Å². The van der Waals surface area contributed by atoms with Gasteiger partial charge in [0.25, 0.3) is 0 Å². The second-order valence-corrected chi connectivity index (χ2v) is 6.57. The SMILES string of the molecule is COP(=O)(O)Oc1c(C(C)C)cc(N)cc1C(C)C. The maximum absolute atomic E-state index is 11.7. The summed E-state index contributed by atoms with van der Waals surface area (Å²) in [6, 6.07) is 3.53. The average Bonchev–Trinajstić information content (AvgIpc) is 2.30. The molecule has 0 aliphatic heterocycles. The molecular weight excluding hydrogens is 265 g/mol. The zero-order chi connectivity index (χ0) is 14.8. The Morgan fingerprint density at radius 2 is 1.58 bits per heavy atom. The van der Waals surface area contributed by atoms with E-state index in [0.29, 0.717) is 11.4 Å². The zero-order valence-corrected chi connectivity index (χ0v) is 12.9. The number of phosphoric ester groups is 1. The highest BCUT2D eigenvalue weighted by Crippen LogP contribution is 2.48. The van der Waals surface area contributed by atoms with Gasteiger partial charge in [-0.05, 0) is 35.1 Å². The van der Waals surface area contributed by atoms with Crippen molar-refractivity contribution >= 4 is 13.5 Å². The fourth-order valence-electron chi connectivity index (χ4n) is 1.81. The molecule has 0 saturated carbocycles. The summed E-state index contributed by atoms with van der Waals surface area (Å²) < 4.78 is 21.4. The molecule has 3 N–H and O–H groups in total. The van der Waals surface area contributed by atoms with E-state index < -0.39 is 7.82 Å². The summed E-state index contributed by atoms with van der Waals surface area (Å²) in [5.74, 6) is 0.632. The average molecular weight is 287 g/mol. The Morgan fingerprint density at radius 1 is 1.16 bits per heavy atom. The summed E-state index contributed by atoms with van der Waals surface area (Å²) in [6.45, 7) is 7.89. The minimum absolute atomic E-state index is 0.118. The van der Waals surface area contributed by atoms with E-state index in [2.05, 4.69) is 4.52 Å². The van der Waals surface area contributed by atoms with Crippen molar-refractivity contribution in [1.29, 1.82) is 0 Å². The second kappa shape index (κ2) is 5.95. The van der Waals surface area contributed by atoms with Gasteiger partial charge in [0.05, 0.1) is 0 Å². The van der Waals surface area contributed by atoms with Gasteiger partial charge < -0.3 is 10.3 Å². The van der Waals surface area contributed by atoms with Crippen molar-refractivity contribution in [2.24, 2.45) is 0 Å². The zero-order valence-electron chi connectivity index (χ0n) is 12.0. The van der Waals surface area contributed by atoms with E-state index in [4.69, 9.17) is 10.3 Å². The van der Waals surface area contributed by atoms with Crippen LogP contribution < -0.4 is 10.3 Å². The van der Waals surface area contributed by atoms with Gasteiger partial charge >= 0.3 is 7.82 Å². The number of hydrogen-bond donors (Lipinski definition) is 2. The van der Waals surface area contributed by atoms with Crippen LogP contribution in [0.25, 0.3) is 0 Å². The summed E-state index contributed by atoms with van der Waals surface area (Å²) in [5.41, 5.74) is 8.10. The van der Waals surface area contributed by atoms with E-state index in [-0.39, 0.29) is 11.8 Å². The van der Waals surface area contributed by atoms with E-state index in [1.165, 1.54) is 0 Å². The number of rotatable bonds is 5. The Hall–Kier alpha value is -1.03. The van der Waals surface area contributed by atoms with Gasteiger partial charge in [0, 0.05) is 12.8 Å². The summed E-state index contributed by atoms with van der Waals surface area (Å²) >= 11 is 0. The lowest BCUT2D eigenvalue weighted by molar-refractivity contribution is 0.241. The van der Waals surface area contributed by atoms with E-state index in [0.717, 1.165) is 18.2 Å². The van der Waals surface area contributed by atoms with E-state index in [1.54, 1.807) is 12.1 Å².